The Kier molecular flexibility index (Phi) is 5.14. The van der Waals surface area contributed by atoms with Crippen molar-refractivity contribution in [1.29, 1.82) is 0 Å². The van der Waals surface area contributed by atoms with Gasteiger partial charge in [0.25, 0.3) is 0 Å². The molecule has 0 unspecified atom stereocenters. The van der Waals surface area contributed by atoms with Crippen molar-refractivity contribution in [1.82, 2.24) is 14.5 Å². The first kappa shape index (κ1) is 17.2. The van der Waals surface area contributed by atoms with Crippen LogP contribution in [0.4, 0.5) is 11.4 Å². The molecule has 6 nitrogen and oxygen atoms in total. The van der Waals surface area contributed by atoms with E-state index in [1.807, 2.05) is 26.0 Å². The monoisotopic (exact) mass is 355 g/mol. The number of aryl methyl sites for hydroxylation is 2. The molecule has 130 valence electrons. The van der Waals surface area contributed by atoms with E-state index in [1.54, 1.807) is 18.5 Å². The van der Waals surface area contributed by atoms with Crippen molar-refractivity contribution < 1.29 is 4.74 Å². The number of hydrogen-bond acceptors (Lipinski definition) is 4. The van der Waals surface area contributed by atoms with Crippen molar-refractivity contribution in [3.8, 4) is 5.75 Å². The average Bonchev–Trinajstić information content (AvgIpc) is 2.93. The largest absolute Gasteiger partial charge is 0.492 e. The molecule has 3 rings (SSSR count). The van der Waals surface area contributed by atoms with E-state index in [9.17, 15) is 0 Å². The first-order valence-corrected chi connectivity index (χ1v) is 8.65. The van der Waals surface area contributed by atoms with E-state index in [2.05, 4.69) is 38.2 Å². The molecule has 0 spiro atoms. The number of anilines is 2. The molecule has 25 heavy (non-hydrogen) atoms. The molecule has 0 fully saturated rings. The minimum Gasteiger partial charge on any atom is -0.492 e. The molecule has 1 aromatic carbocycles. The maximum Gasteiger partial charge on any atom is 0.175 e. The number of nitrogens with zero attached hydrogens (tertiary/aromatic N) is 3. The number of aromatic nitrogens is 3. The lowest BCUT2D eigenvalue weighted by Gasteiger charge is -2.14. The maximum atomic E-state index is 5.59. The Morgan fingerprint density at radius 3 is 2.76 bits per heavy atom. The number of benzene rings is 1. The molecule has 0 amide bonds. The number of para-hydroxylation sites is 1. The fourth-order valence-electron chi connectivity index (χ4n) is 2.80. The third-order valence-corrected chi connectivity index (χ3v) is 4.07. The van der Waals surface area contributed by atoms with Crippen LogP contribution in [0.15, 0.2) is 36.7 Å². The predicted octanol–water partition coefficient (Wildman–Crippen LogP) is 3.97. The van der Waals surface area contributed by atoms with Crippen molar-refractivity contribution in [3.63, 3.8) is 0 Å². The summed E-state index contributed by atoms with van der Waals surface area (Å²) >= 11 is 5.45. The first-order valence-electron chi connectivity index (χ1n) is 8.24. The van der Waals surface area contributed by atoms with E-state index in [-0.39, 0.29) is 0 Å². The van der Waals surface area contributed by atoms with Crippen molar-refractivity contribution >= 4 is 39.7 Å². The van der Waals surface area contributed by atoms with Crippen LogP contribution in [0.5, 0.6) is 5.75 Å². The molecule has 2 N–H and O–H groups in total. The minimum absolute atomic E-state index is 0.463. The lowest BCUT2D eigenvalue weighted by atomic mass is 10.2. The Bertz CT molecular complexity index is 906. The molecular formula is C18H21N5OS. The molecule has 0 aliphatic heterocycles. The van der Waals surface area contributed by atoms with Crippen LogP contribution in [0, 0.1) is 6.92 Å². The highest BCUT2D eigenvalue weighted by atomic mass is 32.1. The van der Waals surface area contributed by atoms with Gasteiger partial charge in [0.15, 0.2) is 5.11 Å². The highest BCUT2D eigenvalue weighted by molar-refractivity contribution is 7.80. The second-order valence-corrected chi connectivity index (χ2v) is 5.87. The van der Waals surface area contributed by atoms with Crippen LogP contribution < -0.4 is 15.4 Å². The number of hydrogen-bond donors (Lipinski definition) is 2. The smallest absolute Gasteiger partial charge is 0.175 e. The van der Waals surface area contributed by atoms with Crippen LogP contribution in [0.1, 0.15) is 19.7 Å². The van der Waals surface area contributed by atoms with Gasteiger partial charge in [0.05, 0.1) is 24.0 Å². The molecule has 0 radical (unpaired) electrons. The van der Waals surface area contributed by atoms with Crippen LogP contribution in [-0.4, -0.2) is 26.3 Å². The van der Waals surface area contributed by atoms with Crippen molar-refractivity contribution in [2.75, 3.05) is 17.2 Å². The summed E-state index contributed by atoms with van der Waals surface area (Å²) in [5.41, 5.74) is 3.59. The van der Waals surface area contributed by atoms with Gasteiger partial charge < -0.3 is 19.9 Å². The van der Waals surface area contributed by atoms with Crippen molar-refractivity contribution in [2.45, 2.75) is 27.3 Å². The Hall–Kier alpha value is -2.67. The summed E-state index contributed by atoms with van der Waals surface area (Å²) in [7, 11) is 0. The fourth-order valence-corrected chi connectivity index (χ4v) is 3.02. The van der Waals surface area contributed by atoms with Gasteiger partial charge in [-0.2, -0.15) is 0 Å². The van der Waals surface area contributed by atoms with Gasteiger partial charge in [-0.1, -0.05) is 6.07 Å². The molecule has 2 heterocycles. The van der Waals surface area contributed by atoms with Crippen LogP contribution in [0.2, 0.25) is 0 Å². The lowest BCUT2D eigenvalue weighted by Crippen LogP contribution is -2.20. The number of imidazole rings is 1. The molecule has 2 aromatic heterocycles. The molecular weight excluding hydrogens is 334 g/mol. The molecule has 7 heteroatoms. The van der Waals surface area contributed by atoms with Gasteiger partial charge in [-0.25, -0.2) is 4.98 Å². The fraction of sp³-hybridized carbons (Fsp3) is 0.278. The molecule has 3 aromatic rings. The zero-order valence-electron chi connectivity index (χ0n) is 14.5. The van der Waals surface area contributed by atoms with Crippen LogP contribution in [-0.2, 0) is 6.54 Å². The Labute approximate surface area is 152 Å². The van der Waals surface area contributed by atoms with E-state index < -0.39 is 0 Å². The molecule has 0 saturated carbocycles. The molecule has 0 aliphatic rings. The predicted molar refractivity (Wildman–Crippen MR) is 105 cm³/mol. The number of nitrogens with one attached hydrogen (secondary N) is 2. The summed E-state index contributed by atoms with van der Waals surface area (Å²) in [4.78, 5) is 8.79. The molecule has 0 atom stereocenters. The quantitative estimate of drug-likeness (QED) is 0.675. The number of thiocarbonyl (C=S) groups is 1. The summed E-state index contributed by atoms with van der Waals surface area (Å²) < 4.78 is 7.76. The van der Waals surface area contributed by atoms with Crippen molar-refractivity contribution in [2.24, 2.45) is 0 Å². The van der Waals surface area contributed by atoms with Gasteiger partial charge >= 0.3 is 0 Å². The van der Waals surface area contributed by atoms with Crippen molar-refractivity contribution in [3.05, 3.63) is 42.5 Å². The third kappa shape index (κ3) is 3.56. The summed E-state index contributed by atoms with van der Waals surface area (Å²) in [5, 5.41) is 6.83. The Morgan fingerprint density at radius 1 is 1.20 bits per heavy atom. The van der Waals surface area contributed by atoms with Gasteiger partial charge in [-0.05, 0) is 45.1 Å². The molecule has 0 bridgehead atoms. The summed E-state index contributed by atoms with van der Waals surface area (Å²) in [6.07, 6.45) is 3.38. The van der Waals surface area contributed by atoms with Gasteiger partial charge in [-0.15, -0.1) is 0 Å². The van der Waals surface area contributed by atoms with E-state index in [0.717, 1.165) is 34.8 Å². The third-order valence-electron chi connectivity index (χ3n) is 3.86. The molecule has 0 aliphatic carbocycles. The van der Waals surface area contributed by atoms with Crippen LogP contribution in [0.3, 0.4) is 0 Å². The maximum absolute atomic E-state index is 5.59. The highest BCUT2D eigenvalue weighted by Gasteiger charge is 2.11. The topological polar surface area (TPSA) is 64.0 Å². The molecule has 0 saturated heterocycles. The SMILES string of the molecule is CCOc1ccncc1NC(=S)Nc1cccc2c1nc(C)n2CC. The van der Waals surface area contributed by atoms with E-state index in [4.69, 9.17) is 17.0 Å². The van der Waals surface area contributed by atoms with Gasteiger partial charge in [0, 0.05) is 18.8 Å². The number of fused-ring (bicyclic) bond motifs is 1. The van der Waals surface area contributed by atoms with Gasteiger partial charge in [0.2, 0.25) is 0 Å². The number of rotatable bonds is 5. The zero-order valence-corrected chi connectivity index (χ0v) is 15.4. The zero-order chi connectivity index (χ0) is 17.8. The lowest BCUT2D eigenvalue weighted by molar-refractivity contribution is 0.341. The summed E-state index contributed by atoms with van der Waals surface area (Å²) in [6.45, 7) is 7.51. The van der Waals surface area contributed by atoms with E-state index >= 15 is 0 Å². The van der Waals surface area contributed by atoms with Crippen LogP contribution >= 0.6 is 12.2 Å². The van der Waals surface area contributed by atoms with Gasteiger partial charge in [0.1, 0.15) is 22.8 Å². The Balaban J connectivity index is 1.83. The highest BCUT2D eigenvalue weighted by Crippen LogP contribution is 2.26. The number of pyridine rings is 1. The summed E-state index contributed by atoms with van der Waals surface area (Å²) in [5.74, 6) is 1.70. The first-order chi connectivity index (χ1) is 12.1. The standard InChI is InChI=1S/C18H21N5OS/c1-4-23-12(3)20-17-13(7-6-8-15(17)23)21-18(25)22-14-11-19-10-9-16(14)24-5-2/h6-11H,4-5H2,1-3H3,(H2,21,22,25). The second kappa shape index (κ2) is 7.48. The number of ether oxygens (including phenoxy) is 1. The Morgan fingerprint density at radius 2 is 2.00 bits per heavy atom. The summed E-state index contributed by atoms with van der Waals surface area (Å²) in [6, 6.07) is 7.84. The average molecular weight is 355 g/mol. The van der Waals surface area contributed by atoms with Gasteiger partial charge in [-0.3, -0.25) is 4.98 Å². The van der Waals surface area contributed by atoms with E-state index in [1.165, 1.54) is 0 Å². The second-order valence-electron chi connectivity index (χ2n) is 5.46. The van der Waals surface area contributed by atoms with Crippen LogP contribution in [0.25, 0.3) is 11.0 Å². The normalized spacial score (nSPS) is 10.7. The minimum atomic E-state index is 0.463. The van der Waals surface area contributed by atoms with E-state index in [0.29, 0.717) is 17.5 Å².